The van der Waals surface area contributed by atoms with Crippen LogP contribution in [0.1, 0.15) is 10.4 Å². The average molecular weight is 361 g/mol. The molecule has 0 bridgehead atoms. The first-order valence-corrected chi connectivity index (χ1v) is 7.99. The summed E-state index contributed by atoms with van der Waals surface area (Å²) in [6, 6.07) is 12.2. The van der Waals surface area contributed by atoms with Crippen molar-refractivity contribution in [3.63, 3.8) is 0 Å². The van der Waals surface area contributed by atoms with Crippen molar-refractivity contribution in [1.29, 1.82) is 0 Å². The van der Waals surface area contributed by atoms with E-state index in [9.17, 15) is 5.11 Å². The Balaban J connectivity index is 1.89. The molecule has 0 saturated carbocycles. The van der Waals surface area contributed by atoms with E-state index in [1.165, 1.54) is 5.56 Å². The van der Waals surface area contributed by atoms with Crippen LogP contribution in [0.25, 0.3) is 0 Å². The van der Waals surface area contributed by atoms with Gasteiger partial charge in [-0.1, -0.05) is 41.9 Å². The van der Waals surface area contributed by atoms with Gasteiger partial charge in [0.2, 0.25) is 0 Å². The van der Waals surface area contributed by atoms with Crippen molar-refractivity contribution >= 4 is 38.9 Å². The van der Waals surface area contributed by atoms with Crippen LogP contribution >= 0.6 is 38.9 Å². The number of hydrogen-bond acceptors (Lipinski definition) is 3. The molecule has 2 aromatic rings. The largest absolute Gasteiger partial charge is 0.395 e. The summed E-state index contributed by atoms with van der Waals surface area (Å²) in [5.41, 5.74) is 1.22. The lowest BCUT2D eigenvalue weighted by molar-refractivity contribution is 0.241. The lowest BCUT2D eigenvalue weighted by Crippen LogP contribution is -2.33. The molecule has 1 heterocycles. The van der Waals surface area contributed by atoms with E-state index >= 15 is 0 Å². The number of thiophene rings is 1. The molecule has 1 atom stereocenters. The average Bonchev–Trinajstić information content (AvgIpc) is 2.75. The minimum Gasteiger partial charge on any atom is -0.395 e. The summed E-state index contributed by atoms with van der Waals surface area (Å²) < 4.78 is 1.69. The van der Waals surface area contributed by atoms with Crippen LogP contribution in [0.3, 0.4) is 0 Å². The maximum atomic E-state index is 9.43. The molecule has 102 valence electrons. The number of hydrogen-bond donors (Lipinski definition) is 2. The van der Waals surface area contributed by atoms with Crippen molar-refractivity contribution in [2.45, 2.75) is 19.0 Å². The Morgan fingerprint density at radius 3 is 2.63 bits per heavy atom. The van der Waals surface area contributed by atoms with Crippen LogP contribution in [0.4, 0.5) is 0 Å². The van der Waals surface area contributed by atoms with Crippen molar-refractivity contribution in [3.8, 4) is 0 Å². The lowest BCUT2D eigenvalue weighted by atomic mass is 10.1. The van der Waals surface area contributed by atoms with E-state index in [0.717, 1.165) is 20.1 Å². The second kappa shape index (κ2) is 7.41. The second-order valence-electron chi connectivity index (χ2n) is 4.28. The highest BCUT2D eigenvalue weighted by atomic mass is 79.9. The molecule has 0 aliphatic rings. The summed E-state index contributed by atoms with van der Waals surface area (Å²) >= 11 is 10.9. The van der Waals surface area contributed by atoms with Gasteiger partial charge in [0.05, 0.1) is 6.61 Å². The van der Waals surface area contributed by atoms with Crippen molar-refractivity contribution in [2.75, 3.05) is 6.61 Å². The molecule has 2 nitrogen and oxygen atoms in total. The summed E-state index contributed by atoms with van der Waals surface area (Å²) in [5, 5.41) is 12.8. The van der Waals surface area contributed by atoms with Crippen LogP contribution < -0.4 is 5.32 Å². The number of aliphatic hydroxyl groups excluding tert-OH is 1. The minimum atomic E-state index is 0.0575. The topological polar surface area (TPSA) is 32.3 Å². The Bertz CT molecular complexity index is 498. The van der Waals surface area contributed by atoms with Crippen LogP contribution in [0.15, 0.2) is 40.9 Å². The third-order valence-electron chi connectivity index (χ3n) is 2.81. The molecule has 0 aliphatic heterocycles. The van der Waals surface area contributed by atoms with Gasteiger partial charge in [0, 0.05) is 21.9 Å². The Morgan fingerprint density at radius 1 is 1.32 bits per heavy atom. The fraction of sp³-hybridized carbons (Fsp3) is 0.286. The zero-order chi connectivity index (χ0) is 13.7. The zero-order valence-corrected chi connectivity index (χ0v) is 13.4. The molecule has 0 radical (unpaired) electrons. The van der Waals surface area contributed by atoms with Gasteiger partial charge in [-0.25, -0.2) is 0 Å². The van der Waals surface area contributed by atoms with Gasteiger partial charge in [-0.15, -0.1) is 11.3 Å². The first kappa shape index (κ1) is 15.0. The van der Waals surface area contributed by atoms with Crippen molar-refractivity contribution in [2.24, 2.45) is 0 Å². The molecule has 1 aromatic carbocycles. The number of aliphatic hydroxyl groups is 1. The predicted octanol–water partition coefficient (Wildman–Crippen LogP) is 3.86. The van der Waals surface area contributed by atoms with Gasteiger partial charge >= 0.3 is 0 Å². The predicted molar refractivity (Wildman–Crippen MR) is 84.9 cm³/mol. The van der Waals surface area contributed by atoms with Crippen LogP contribution in [0, 0.1) is 0 Å². The molecule has 0 fully saturated rings. The van der Waals surface area contributed by atoms with Gasteiger partial charge in [-0.2, -0.15) is 0 Å². The molecule has 0 amide bonds. The molecule has 5 heteroatoms. The molecule has 1 aromatic heterocycles. The van der Waals surface area contributed by atoms with Crippen LogP contribution in [-0.4, -0.2) is 17.8 Å². The van der Waals surface area contributed by atoms with Crippen LogP contribution in [-0.2, 0) is 13.0 Å². The quantitative estimate of drug-likeness (QED) is 0.820. The first-order valence-electron chi connectivity index (χ1n) is 6.01. The molecule has 0 saturated heterocycles. The van der Waals surface area contributed by atoms with E-state index in [1.54, 1.807) is 11.3 Å². The first-order chi connectivity index (χ1) is 9.19. The summed E-state index contributed by atoms with van der Waals surface area (Å²) in [7, 11) is 0. The van der Waals surface area contributed by atoms with Gasteiger partial charge in [0.1, 0.15) is 4.34 Å². The van der Waals surface area contributed by atoms with E-state index in [2.05, 4.69) is 33.4 Å². The van der Waals surface area contributed by atoms with Gasteiger partial charge in [-0.05, 0) is 34.0 Å². The standard InChI is InChI=1S/C14H15BrClNOS/c15-13-7-12(19-14(13)16)8-17-11(9-18)6-10-4-2-1-3-5-10/h1-5,7,11,17-18H,6,8-9H2/t11-/m0/s1. The van der Waals surface area contributed by atoms with Crippen molar-refractivity contribution < 1.29 is 5.11 Å². The minimum absolute atomic E-state index is 0.0575. The summed E-state index contributed by atoms with van der Waals surface area (Å²) in [5.74, 6) is 0. The monoisotopic (exact) mass is 359 g/mol. The van der Waals surface area contributed by atoms with Gasteiger partial charge in [-0.3, -0.25) is 0 Å². The lowest BCUT2D eigenvalue weighted by Gasteiger charge is -2.15. The molecular formula is C14H15BrClNOS. The van der Waals surface area contributed by atoms with Crippen molar-refractivity contribution in [3.05, 3.63) is 55.6 Å². The summed E-state index contributed by atoms with van der Waals surface area (Å²) in [6.45, 7) is 0.837. The Hall–Kier alpha value is -0.390. The maximum Gasteiger partial charge on any atom is 0.107 e. The van der Waals surface area contributed by atoms with E-state index in [4.69, 9.17) is 11.6 Å². The number of halogens is 2. The highest BCUT2D eigenvalue weighted by Gasteiger charge is 2.10. The molecule has 0 unspecified atom stereocenters. The fourth-order valence-electron chi connectivity index (χ4n) is 1.82. The third-order valence-corrected chi connectivity index (χ3v) is 5.28. The fourth-order valence-corrected chi connectivity index (χ4v) is 3.56. The smallest absolute Gasteiger partial charge is 0.107 e. The third kappa shape index (κ3) is 4.58. The Morgan fingerprint density at radius 2 is 2.05 bits per heavy atom. The van der Waals surface area contributed by atoms with Gasteiger partial charge in [0.15, 0.2) is 0 Å². The number of benzene rings is 1. The summed E-state index contributed by atoms with van der Waals surface area (Å²) in [6.07, 6.45) is 0.817. The molecule has 0 spiro atoms. The molecule has 2 rings (SSSR count). The molecular weight excluding hydrogens is 346 g/mol. The van der Waals surface area contributed by atoms with E-state index < -0.39 is 0 Å². The molecule has 0 aliphatic carbocycles. The Kier molecular flexibility index (Phi) is 5.85. The SMILES string of the molecule is OC[C@H](Cc1ccccc1)NCc1cc(Br)c(Cl)s1. The van der Waals surface area contributed by atoms with Gasteiger partial charge < -0.3 is 10.4 Å². The van der Waals surface area contributed by atoms with E-state index in [1.807, 2.05) is 24.3 Å². The highest BCUT2D eigenvalue weighted by Crippen LogP contribution is 2.31. The molecule has 2 N–H and O–H groups in total. The normalized spacial score (nSPS) is 12.6. The van der Waals surface area contributed by atoms with Gasteiger partial charge in [0.25, 0.3) is 0 Å². The second-order valence-corrected chi connectivity index (χ2v) is 6.88. The highest BCUT2D eigenvalue weighted by molar-refractivity contribution is 9.10. The zero-order valence-electron chi connectivity index (χ0n) is 10.3. The molecule has 19 heavy (non-hydrogen) atoms. The Labute approximate surface area is 130 Å². The van der Waals surface area contributed by atoms with E-state index in [0.29, 0.717) is 6.54 Å². The van der Waals surface area contributed by atoms with Crippen LogP contribution in [0.2, 0.25) is 4.34 Å². The van der Waals surface area contributed by atoms with E-state index in [-0.39, 0.29) is 12.6 Å². The number of nitrogens with one attached hydrogen (secondary N) is 1. The summed E-state index contributed by atoms with van der Waals surface area (Å²) in [4.78, 5) is 1.16. The van der Waals surface area contributed by atoms with Crippen LogP contribution in [0.5, 0.6) is 0 Å². The maximum absolute atomic E-state index is 9.43. The number of rotatable bonds is 6. The van der Waals surface area contributed by atoms with Crippen molar-refractivity contribution in [1.82, 2.24) is 5.32 Å².